The molecule has 0 aliphatic heterocycles. The third-order valence-corrected chi connectivity index (χ3v) is 4.63. The van der Waals surface area contributed by atoms with Gasteiger partial charge in [0.05, 0.1) is 12.5 Å². The first-order valence-electron chi connectivity index (χ1n) is 11.2. The molecule has 1 atom stereocenters. The second-order valence-electron chi connectivity index (χ2n) is 7.79. The predicted molar refractivity (Wildman–Crippen MR) is 121 cm³/mol. The summed E-state index contributed by atoms with van der Waals surface area (Å²) in [6.45, 7) is 4.69. The molecular formula is C25H45NO. The fourth-order valence-electron chi connectivity index (χ4n) is 3.01. The number of nitrogens with zero attached hydrogens (tertiary/aromatic N) is 1. The molecule has 0 rings (SSSR count). The van der Waals surface area contributed by atoms with E-state index in [0.29, 0.717) is 6.61 Å². The fraction of sp³-hybridized carbons (Fsp3) is 0.760. The topological polar surface area (TPSA) is 12.5 Å². The fourth-order valence-corrected chi connectivity index (χ4v) is 3.01. The van der Waals surface area contributed by atoms with Gasteiger partial charge in [0.15, 0.2) is 0 Å². The highest BCUT2D eigenvalue weighted by Gasteiger charge is 2.06. The zero-order valence-electron chi connectivity index (χ0n) is 18.4. The van der Waals surface area contributed by atoms with E-state index in [0.717, 1.165) is 26.0 Å². The van der Waals surface area contributed by atoms with Crippen LogP contribution in [-0.4, -0.2) is 38.8 Å². The molecule has 0 aliphatic carbocycles. The monoisotopic (exact) mass is 375 g/mol. The molecule has 0 saturated heterocycles. The van der Waals surface area contributed by atoms with Crippen LogP contribution >= 0.6 is 0 Å². The Morgan fingerprint density at radius 2 is 1.44 bits per heavy atom. The van der Waals surface area contributed by atoms with E-state index in [1.807, 2.05) is 14.1 Å². The van der Waals surface area contributed by atoms with Crippen molar-refractivity contribution in [2.24, 2.45) is 5.92 Å². The lowest BCUT2D eigenvalue weighted by atomic mass is 10.1. The van der Waals surface area contributed by atoms with Gasteiger partial charge in [-0.1, -0.05) is 75.7 Å². The molecule has 0 aromatic rings. The molecule has 0 radical (unpaired) electrons. The quantitative estimate of drug-likeness (QED) is 0.143. The van der Waals surface area contributed by atoms with Crippen molar-refractivity contribution in [3.8, 4) is 12.3 Å². The van der Waals surface area contributed by atoms with E-state index in [4.69, 9.17) is 11.2 Å². The van der Waals surface area contributed by atoms with Gasteiger partial charge in [0.25, 0.3) is 0 Å². The molecule has 0 fully saturated rings. The standard InChI is InChI=1S/C25H45NO/c1-5-7-8-9-10-11-12-13-14-15-16-17-18-19-20-21-22-27-24-25(6-2)23-26(3)4/h2,10-11,13-14,25H,5,7-9,12,15-24H2,1,3-4H3/b11-10-,14-13-. The van der Waals surface area contributed by atoms with E-state index in [-0.39, 0.29) is 5.92 Å². The Hall–Kier alpha value is -1.04. The molecule has 0 saturated carbocycles. The van der Waals surface area contributed by atoms with E-state index in [2.05, 4.69) is 42.0 Å². The molecular weight excluding hydrogens is 330 g/mol. The maximum absolute atomic E-state index is 5.72. The summed E-state index contributed by atoms with van der Waals surface area (Å²) >= 11 is 0. The highest BCUT2D eigenvalue weighted by molar-refractivity contribution is 4.94. The van der Waals surface area contributed by atoms with Gasteiger partial charge < -0.3 is 9.64 Å². The Morgan fingerprint density at radius 1 is 0.852 bits per heavy atom. The summed E-state index contributed by atoms with van der Waals surface area (Å²) in [5.74, 6) is 3.03. The van der Waals surface area contributed by atoms with Gasteiger partial charge in [-0.05, 0) is 52.6 Å². The van der Waals surface area contributed by atoms with E-state index in [1.54, 1.807) is 0 Å². The molecule has 0 amide bonds. The van der Waals surface area contributed by atoms with Crippen LogP contribution in [0.4, 0.5) is 0 Å². The number of unbranched alkanes of at least 4 members (excludes halogenated alkanes) is 9. The average Bonchev–Trinajstić information content (AvgIpc) is 2.65. The summed E-state index contributed by atoms with van der Waals surface area (Å²) in [6.07, 6.45) is 30.2. The third-order valence-electron chi connectivity index (χ3n) is 4.63. The number of allylic oxidation sites excluding steroid dienone is 4. The first-order valence-corrected chi connectivity index (χ1v) is 11.2. The summed E-state index contributed by atoms with van der Waals surface area (Å²) in [4.78, 5) is 2.12. The van der Waals surface area contributed by atoms with Crippen molar-refractivity contribution in [2.45, 2.75) is 84.0 Å². The van der Waals surface area contributed by atoms with Crippen molar-refractivity contribution in [1.29, 1.82) is 0 Å². The van der Waals surface area contributed by atoms with Crippen molar-refractivity contribution in [3.63, 3.8) is 0 Å². The van der Waals surface area contributed by atoms with Gasteiger partial charge in [-0.25, -0.2) is 0 Å². The van der Waals surface area contributed by atoms with E-state index < -0.39 is 0 Å². The second-order valence-corrected chi connectivity index (χ2v) is 7.79. The van der Waals surface area contributed by atoms with Crippen LogP contribution in [0, 0.1) is 18.3 Å². The smallest absolute Gasteiger partial charge is 0.0616 e. The lowest BCUT2D eigenvalue weighted by Gasteiger charge is -2.16. The summed E-state index contributed by atoms with van der Waals surface area (Å²) < 4.78 is 5.72. The van der Waals surface area contributed by atoms with Crippen LogP contribution in [0.2, 0.25) is 0 Å². The minimum Gasteiger partial charge on any atom is -0.380 e. The molecule has 0 aromatic carbocycles. The molecule has 0 spiro atoms. The molecule has 0 heterocycles. The van der Waals surface area contributed by atoms with Gasteiger partial charge in [-0.3, -0.25) is 0 Å². The molecule has 0 aliphatic rings. The van der Waals surface area contributed by atoms with Gasteiger partial charge in [0, 0.05) is 13.2 Å². The number of hydrogen-bond acceptors (Lipinski definition) is 2. The third kappa shape index (κ3) is 21.1. The predicted octanol–water partition coefficient (Wildman–Crippen LogP) is 6.63. The van der Waals surface area contributed by atoms with Gasteiger partial charge in [-0.15, -0.1) is 6.42 Å². The van der Waals surface area contributed by atoms with Crippen molar-refractivity contribution in [3.05, 3.63) is 24.3 Å². The van der Waals surface area contributed by atoms with Crippen molar-refractivity contribution in [1.82, 2.24) is 4.90 Å². The van der Waals surface area contributed by atoms with E-state index in [1.165, 1.54) is 64.2 Å². The van der Waals surface area contributed by atoms with Crippen molar-refractivity contribution >= 4 is 0 Å². The van der Waals surface area contributed by atoms with Crippen LogP contribution in [0.1, 0.15) is 84.0 Å². The first kappa shape index (κ1) is 26.0. The Labute approximate surface area is 170 Å². The molecule has 2 heteroatoms. The first-order chi connectivity index (χ1) is 13.2. The van der Waals surface area contributed by atoms with Crippen molar-refractivity contribution < 1.29 is 4.74 Å². The molecule has 0 aromatic heterocycles. The Kier molecular flexibility index (Phi) is 20.4. The summed E-state index contributed by atoms with van der Waals surface area (Å²) in [5.41, 5.74) is 0. The van der Waals surface area contributed by atoms with Gasteiger partial charge in [-0.2, -0.15) is 0 Å². The lowest BCUT2D eigenvalue weighted by Crippen LogP contribution is -2.24. The van der Waals surface area contributed by atoms with Crippen LogP contribution in [0.15, 0.2) is 24.3 Å². The maximum atomic E-state index is 5.72. The van der Waals surface area contributed by atoms with E-state index in [9.17, 15) is 0 Å². The van der Waals surface area contributed by atoms with Gasteiger partial charge in [0.1, 0.15) is 0 Å². The zero-order chi connectivity index (χ0) is 20.0. The Morgan fingerprint density at radius 3 is 2.04 bits per heavy atom. The number of hydrogen-bond donors (Lipinski definition) is 0. The molecule has 0 N–H and O–H groups in total. The maximum Gasteiger partial charge on any atom is 0.0616 e. The number of rotatable bonds is 19. The van der Waals surface area contributed by atoms with Crippen LogP contribution in [0.5, 0.6) is 0 Å². The molecule has 1 unspecified atom stereocenters. The molecule has 0 bridgehead atoms. The Bertz CT molecular complexity index is 392. The SMILES string of the molecule is C#CC(COCCCCCCCC/C=C\C/C=C\CCCCC)CN(C)C. The van der Waals surface area contributed by atoms with Crippen LogP contribution in [0.3, 0.4) is 0 Å². The van der Waals surface area contributed by atoms with Gasteiger partial charge in [0.2, 0.25) is 0 Å². The molecule has 2 nitrogen and oxygen atoms in total. The summed E-state index contributed by atoms with van der Waals surface area (Å²) in [5, 5.41) is 0. The lowest BCUT2D eigenvalue weighted by molar-refractivity contribution is 0.103. The zero-order valence-corrected chi connectivity index (χ0v) is 18.4. The normalized spacial score (nSPS) is 13.0. The highest BCUT2D eigenvalue weighted by Crippen LogP contribution is 2.08. The summed E-state index contributed by atoms with van der Waals surface area (Å²) in [7, 11) is 4.10. The Balaban J connectivity index is 3.29. The minimum atomic E-state index is 0.213. The molecule has 27 heavy (non-hydrogen) atoms. The number of terminal acetylenes is 1. The van der Waals surface area contributed by atoms with Crippen LogP contribution < -0.4 is 0 Å². The average molecular weight is 376 g/mol. The highest BCUT2D eigenvalue weighted by atomic mass is 16.5. The van der Waals surface area contributed by atoms with Crippen molar-refractivity contribution in [2.75, 3.05) is 33.9 Å². The second kappa shape index (κ2) is 21.3. The van der Waals surface area contributed by atoms with Crippen LogP contribution in [-0.2, 0) is 4.74 Å². The minimum absolute atomic E-state index is 0.213. The van der Waals surface area contributed by atoms with Crippen LogP contribution in [0.25, 0.3) is 0 Å². The van der Waals surface area contributed by atoms with Gasteiger partial charge >= 0.3 is 0 Å². The summed E-state index contributed by atoms with van der Waals surface area (Å²) in [6, 6.07) is 0. The number of ether oxygens (including phenoxy) is 1. The molecule has 156 valence electrons. The largest absolute Gasteiger partial charge is 0.380 e. The van der Waals surface area contributed by atoms with E-state index >= 15 is 0 Å².